The average Bonchev–Trinajstić information content (AvgIpc) is 3.56. The summed E-state index contributed by atoms with van der Waals surface area (Å²) in [6.07, 6.45) is 5.34. The topological polar surface area (TPSA) is 88.8 Å². The molecule has 210 valence electrons. The summed E-state index contributed by atoms with van der Waals surface area (Å²) in [4.78, 5) is 31.4. The number of aryl methyl sites for hydroxylation is 1. The summed E-state index contributed by atoms with van der Waals surface area (Å²) >= 11 is 0. The van der Waals surface area contributed by atoms with Gasteiger partial charge in [0.2, 0.25) is 5.91 Å². The Labute approximate surface area is 230 Å². The molecular formula is C29H39N5O5. The van der Waals surface area contributed by atoms with E-state index in [0.717, 1.165) is 55.9 Å². The summed E-state index contributed by atoms with van der Waals surface area (Å²) in [5.74, 6) is 1.22. The maximum Gasteiger partial charge on any atom is 0.262 e. The molecule has 2 aliphatic heterocycles. The van der Waals surface area contributed by atoms with Gasteiger partial charge in [0.05, 0.1) is 44.9 Å². The first kappa shape index (κ1) is 27.2. The highest BCUT2D eigenvalue weighted by Gasteiger charge is 2.38. The summed E-state index contributed by atoms with van der Waals surface area (Å²) in [6.45, 7) is 4.30. The van der Waals surface area contributed by atoms with Crippen molar-refractivity contribution in [2.45, 2.75) is 31.7 Å². The second-order valence-electron chi connectivity index (χ2n) is 10.5. The van der Waals surface area contributed by atoms with Gasteiger partial charge in [0.15, 0.2) is 0 Å². The first-order valence-corrected chi connectivity index (χ1v) is 13.8. The lowest BCUT2D eigenvalue weighted by atomic mass is 9.84. The molecule has 0 radical (unpaired) electrons. The van der Waals surface area contributed by atoms with Crippen LogP contribution in [0.4, 0.5) is 0 Å². The first-order chi connectivity index (χ1) is 19.0. The first-order valence-electron chi connectivity index (χ1n) is 13.8. The molecule has 2 aromatic rings. The molecule has 1 aliphatic carbocycles. The van der Waals surface area contributed by atoms with E-state index in [1.165, 1.54) is 0 Å². The van der Waals surface area contributed by atoms with Crippen molar-refractivity contribution >= 4 is 17.5 Å². The smallest absolute Gasteiger partial charge is 0.262 e. The third-order valence-electron chi connectivity index (χ3n) is 8.08. The predicted molar refractivity (Wildman–Crippen MR) is 147 cm³/mol. The van der Waals surface area contributed by atoms with E-state index in [4.69, 9.17) is 19.3 Å². The maximum absolute atomic E-state index is 14.0. The summed E-state index contributed by atoms with van der Waals surface area (Å²) in [5.41, 5.74) is 2.59. The van der Waals surface area contributed by atoms with Crippen molar-refractivity contribution < 1.29 is 23.8 Å². The van der Waals surface area contributed by atoms with Crippen LogP contribution in [-0.2, 0) is 21.4 Å². The largest absolute Gasteiger partial charge is 0.497 e. The van der Waals surface area contributed by atoms with Crippen molar-refractivity contribution in [3.63, 3.8) is 0 Å². The van der Waals surface area contributed by atoms with Crippen molar-refractivity contribution in [3.05, 3.63) is 47.8 Å². The zero-order valence-electron chi connectivity index (χ0n) is 23.2. The number of morpholine rings is 1. The number of hydrogen-bond donors (Lipinski definition) is 0. The Morgan fingerprint density at radius 3 is 2.56 bits per heavy atom. The molecule has 3 heterocycles. The molecule has 10 heteroatoms. The van der Waals surface area contributed by atoms with Crippen LogP contribution in [0.5, 0.6) is 11.5 Å². The molecule has 0 bridgehead atoms. The van der Waals surface area contributed by atoms with Crippen LogP contribution in [0.15, 0.2) is 41.6 Å². The van der Waals surface area contributed by atoms with Gasteiger partial charge >= 0.3 is 0 Å². The quantitative estimate of drug-likeness (QED) is 0.463. The van der Waals surface area contributed by atoms with Crippen LogP contribution >= 0.6 is 0 Å². The van der Waals surface area contributed by atoms with Crippen molar-refractivity contribution in [2.24, 2.45) is 18.1 Å². The van der Waals surface area contributed by atoms with Gasteiger partial charge in [0.1, 0.15) is 18.0 Å². The van der Waals surface area contributed by atoms with Crippen molar-refractivity contribution in [1.29, 1.82) is 0 Å². The molecule has 1 unspecified atom stereocenters. The standard InChI is InChI=1S/C29H39N5O5/c1-31-11-5-8-25(31)24-19-26(23-18-22(37-2)9-10-27(23)38-3)34(30-24)28(35)20-33(29(36)21-6-4-7-21)13-12-32-14-16-39-17-15-32/h5,8-11,18,21,26H,4,6-7,12-17,19-20H2,1-3H3. The Kier molecular flexibility index (Phi) is 8.52. The van der Waals surface area contributed by atoms with Crippen LogP contribution in [0.2, 0.25) is 0 Å². The summed E-state index contributed by atoms with van der Waals surface area (Å²) < 4.78 is 18.6. The predicted octanol–water partition coefficient (Wildman–Crippen LogP) is 2.68. The van der Waals surface area contributed by atoms with E-state index in [2.05, 4.69) is 4.90 Å². The van der Waals surface area contributed by atoms with E-state index >= 15 is 0 Å². The fraction of sp³-hybridized carbons (Fsp3) is 0.552. The molecule has 5 rings (SSSR count). The Bertz CT molecular complexity index is 1200. The minimum absolute atomic E-state index is 0.00757. The van der Waals surface area contributed by atoms with Crippen LogP contribution < -0.4 is 9.47 Å². The molecule has 39 heavy (non-hydrogen) atoms. The molecule has 1 atom stereocenters. The molecule has 2 amide bonds. The van der Waals surface area contributed by atoms with Gasteiger partial charge in [0.25, 0.3) is 5.91 Å². The fourth-order valence-corrected chi connectivity index (χ4v) is 5.50. The monoisotopic (exact) mass is 537 g/mol. The molecule has 1 aromatic carbocycles. The zero-order chi connectivity index (χ0) is 27.4. The molecule has 0 spiro atoms. The normalized spacial score (nSPS) is 19.9. The van der Waals surface area contributed by atoms with Crippen LogP contribution in [0.1, 0.15) is 43.0 Å². The maximum atomic E-state index is 14.0. The fourth-order valence-electron chi connectivity index (χ4n) is 5.50. The molecule has 2 fully saturated rings. The summed E-state index contributed by atoms with van der Waals surface area (Å²) in [5, 5.41) is 6.39. The number of aromatic nitrogens is 1. The third-order valence-corrected chi connectivity index (χ3v) is 8.08. The molecule has 1 aromatic heterocycles. The highest BCUT2D eigenvalue weighted by atomic mass is 16.5. The minimum Gasteiger partial charge on any atom is -0.497 e. The number of hydrogen-bond acceptors (Lipinski definition) is 7. The van der Waals surface area contributed by atoms with E-state index in [1.807, 2.05) is 48.1 Å². The van der Waals surface area contributed by atoms with E-state index in [-0.39, 0.29) is 30.3 Å². The number of carbonyl (C=O) groups is 2. The number of methoxy groups -OCH3 is 2. The molecule has 3 aliphatic rings. The number of benzene rings is 1. The minimum atomic E-state index is -0.382. The van der Waals surface area contributed by atoms with Crippen molar-refractivity contribution in [1.82, 2.24) is 19.4 Å². The van der Waals surface area contributed by atoms with Crippen LogP contribution in [0.3, 0.4) is 0 Å². The van der Waals surface area contributed by atoms with Crippen LogP contribution in [-0.4, -0.2) is 97.1 Å². The van der Waals surface area contributed by atoms with Crippen molar-refractivity contribution in [3.8, 4) is 11.5 Å². The van der Waals surface area contributed by atoms with Gasteiger partial charge in [-0.2, -0.15) is 5.10 Å². The number of rotatable bonds is 10. The molecular weight excluding hydrogens is 498 g/mol. The average molecular weight is 538 g/mol. The number of amides is 2. The highest BCUT2D eigenvalue weighted by molar-refractivity contribution is 6.02. The second-order valence-corrected chi connectivity index (χ2v) is 10.5. The van der Waals surface area contributed by atoms with E-state index < -0.39 is 0 Å². The Hall–Kier alpha value is -3.37. The molecule has 10 nitrogen and oxygen atoms in total. The zero-order valence-corrected chi connectivity index (χ0v) is 23.2. The molecule has 0 N–H and O–H groups in total. The number of carbonyl (C=O) groups excluding carboxylic acids is 2. The van der Waals surface area contributed by atoms with Crippen molar-refractivity contribution in [2.75, 3.05) is 60.2 Å². The van der Waals surface area contributed by atoms with Gasteiger partial charge in [0, 0.05) is 57.3 Å². The van der Waals surface area contributed by atoms with Crippen LogP contribution in [0.25, 0.3) is 0 Å². The van der Waals surface area contributed by atoms with E-state index in [1.54, 1.807) is 24.1 Å². The van der Waals surface area contributed by atoms with Gasteiger partial charge in [-0.3, -0.25) is 14.5 Å². The van der Waals surface area contributed by atoms with Gasteiger partial charge in [-0.25, -0.2) is 5.01 Å². The number of ether oxygens (including phenoxy) is 3. The van der Waals surface area contributed by atoms with Gasteiger partial charge in [-0.1, -0.05) is 6.42 Å². The summed E-state index contributed by atoms with van der Waals surface area (Å²) in [7, 11) is 5.21. The van der Waals surface area contributed by atoms with Crippen LogP contribution in [0, 0.1) is 5.92 Å². The lowest BCUT2D eigenvalue weighted by Gasteiger charge is -2.34. The van der Waals surface area contributed by atoms with Gasteiger partial charge < -0.3 is 23.7 Å². The molecule has 1 saturated heterocycles. The Balaban J connectivity index is 1.41. The lowest BCUT2D eigenvalue weighted by molar-refractivity contribution is -0.145. The number of hydrazone groups is 1. The number of nitrogens with zero attached hydrogens (tertiary/aromatic N) is 5. The summed E-state index contributed by atoms with van der Waals surface area (Å²) in [6, 6.07) is 9.19. The Morgan fingerprint density at radius 1 is 1.13 bits per heavy atom. The van der Waals surface area contributed by atoms with Gasteiger partial charge in [-0.05, 0) is 43.2 Å². The SMILES string of the molecule is COc1ccc(OC)c(C2CC(c3cccn3C)=NN2C(=O)CN(CCN2CCOCC2)C(=O)C2CCC2)c1. The third kappa shape index (κ3) is 5.96. The molecule has 1 saturated carbocycles. The van der Waals surface area contributed by atoms with E-state index in [9.17, 15) is 9.59 Å². The van der Waals surface area contributed by atoms with Gasteiger partial charge in [-0.15, -0.1) is 0 Å². The highest BCUT2D eigenvalue weighted by Crippen LogP contribution is 2.39. The Morgan fingerprint density at radius 2 is 1.92 bits per heavy atom. The lowest BCUT2D eigenvalue weighted by Crippen LogP contribution is -2.49. The van der Waals surface area contributed by atoms with E-state index in [0.29, 0.717) is 37.7 Å². The second kappa shape index (κ2) is 12.2.